The highest BCUT2D eigenvalue weighted by Gasteiger charge is 2.35. The fourth-order valence-corrected chi connectivity index (χ4v) is 5.62. The molecule has 0 bridgehead atoms. The van der Waals surface area contributed by atoms with E-state index in [-0.39, 0.29) is 6.10 Å². The predicted octanol–water partition coefficient (Wildman–Crippen LogP) is 5.00. The number of nitrogens with one attached hydrogen (secondary N) is 1. The number of rotatable bonds is 9. The predicted molar refractivity (Wildman–Crippen MR) is 157 cm³/mol. The van der Waals surface area contributed by atoms with Crippen molar-refractivity contribution < 1.29 is 19.0 Å². The lowest BCUT2D eigenvalue weighted by atomic mass is 9.98. The Hall–Kier alpha value is -3.78. The largest absolute Gasteiger partial charge is 0.496 e. The number of methoxy groups -OCH3 is 1. The van der Waals surface area contributed by atoms with Crippen molar-refractivity contribution in [2.24, 2.45) is 0 Å². The van der Waals surface area contributed by atoms with E-state index in [1.165, 1.54) is 11.1 Å². The summed E-state index contributed by atoms with van der Waals surface area (Å²) < 4.78 is 17.9. The number of ether oxygens (including phenoxy) is 3. The molecule has 40 heavy (non-hydrogen) atoms. The van der Waals surface area contributed by atoms with Gasteiger partial charge < -0.3 is 14.2 Å². The van der Waals surface area contributed by atoms with Crippen molar-refractivity contribution in [1.82, 2.24) is 15.3 Å². The molecule has 0 saturated carbocycles. The van der Waals surface area contributed by atoms with Crippen molar-refractivity contribution in [3.05, 3.63) is 101 Å². The molecule has 1 N–H and O–H groups in total. The van der Waals surface area contributed by atoms with Gasteiger partial charge in [0.05, 0.1) is 12.8 Å². The van der Waals surface area contributed by atoms with Crippen LogP contribution in [0.1, 0.15) is 23.6 Å². The molecule has 6 rings (SSSR count). The van der Waals surface area contributed by atoms with Crippen LogP contribution >= 0.6 is 0 Å². The number of hydrogen-bond acceptors (Lipinski definition) is 7. The lowest BCUT2D eigenvalue weighted by molar-refractivity contribution is 0.0118. The molecule has 1 atom stereocenters. The van der Waals surface area contributed by atoms with E-state index >= 15 is 0 Å². The standard InChI is InChI=1S/C33H37N3O4/c1-24(17-25-9-5-3-6-10-25)20-35-13-15-36(16-14-35)21-32-29-23-39-31-18-26(22-38-27-11-7-4-8-12-27)30(37-2)19-28(31)33(29)34-40-32/h3-12,17-19,32,34H,13-16,20-23H2,1-2H3. The second-order valence-electron chi connectivity index (χ2n) is 10.6. The minimum atomic E-state index is -0.0403. The second kappa shape index (κ2) is 12.2. The summed E-state index contributed by atoms with van der Waals surface area (Å²) in [5, 5.41) is 0. The Kier molecular flexibility index (Phi) is 8.04. The molecule has 7 heteroatoms. The van der Waals surface area contributed by atoms with Crippen LogP contribution in [0.3, 0.4) is 0 Å². The maximum Gasteiger partial charge on any atom is 0.129 e. The molecule has 0 radical (unpaired) electrons. The number of piperazine rings is 1. The van der Waals surface area contributed by atoms with Crippen LogP contribution in [-0.4, -0.2) is 68.9 Å². The average molecular weight is 540 g/mol. The van der Waals surface area contributed by atoms with E-state index in [0.717, 1.165) is 78.9 Å². The summed E-state index contributed by atoms with van der Waals surface area (Å²) >= 11 is 0. The van der Waals surface area contributed by atoms with Crippen molar-refractivity contribution in [2.75, 3.05) is 53.0 Å². The number of para-hydroxylation sites is 1. The highest BCUT2D eigenvalue weighted by Crippen LogP contribution is 2.40. The van der Waals surface area contributed by atoms with Gasteiger partial charge in [-0.25, -0.2) is 0 Å². The van der Waals surface area contributed by atoms with Crippen molar-refractivity contribution in [1.29, 1.82) is 0 Å². The number of fused-ring (bicyclic) bond motifs is 2. The average Bonchev–Trinajstić information content (AvgIpc) is 3.40. The van der Waals surface area contributed by atoms with Crippen molar-refractivity contribution in [3.8, 4) is 17.2 Å². The Morgan fingerprint density at radius 3 is 2.45 bits per heavy atom. The molecule has 7 nitrogen and oxygen atoms in total. The van der Waals surface area contributed by atoms with E-state index in [1.54, 1.807) is 7.11 Å². The van der Waals surface area contributed by atoms with Gasteiger partial charge in [-0.05, 0) is 36.8 Å². The molecule has 0 amide bonds. The Labute approximate surface area is 236 Å². The second-order valence-corrected chi connectivity index (χ2v) is 10.6. The van der Waals surface area contributed by atoms with Gasteiger partial charge in [0.15, 0.2) is 0 Å². The zero-order valence-electron chi connectivity index (χ0n) is 23.3. The van der Waals surface area contributed by atoms with Crippen molar-refractivity contribution in [2.45, 2.75) is 19.6 Å². The SMILES string of the molecule is COc1cc2c(cc1COc1ccccc1)OCC1=C2NOC1CN1CCN(CC(C)=Cc2ccccc2)CC1. The molecular formula is C33H37N3O4. The van der Waals surface area contributed by atoms with Crippen LogP contribution in [0.4, 0.5) is 0 Å². The fourth-order valence-electron chi connectivity index (χ4n) is 5.62. The van der Waals surface area contributed by atoms with Gasteiger partial charge in [-0.2, -0.15) is 0 Å². The Bertz CT molecular complexity index is 1370. The molecule has 3 heterocycles. The molecular weight excluding hydrogens is 502 g/mol. The third-order valence-corrected chi connectivity index (χ3v) is 7.76. The van der Waals surface area contributed by atoms with Gasteiger partial charge in [-0.15, -0.1) is 0 Å². The van der Waals surface area contributed by atoms with E-state index in [2.05, 4.69) is 58.6 Å². The summed E-state index contributed by atoms with van der Waals surface area (Å²) in [6.45, 7) is 9.13. The van der Waals surface area contributed by atoms with Gasteiger partial charge >= 0.3 is 0 Å². The molecule has 0 aromatic heterocycles. The third-order valence-electron chi connectivity index (χ3n) is 7.76. The molecule has 3 aliphatic rings. The van der Waals surface area contributed by atoms with Crippen LogP contribution < -0.4 is 19.7 Å². The van der Waals surface area contributed by atoms with Gasteiger partial charge in [0.2, 0.25) is 0 Å². The number of benzene rings is 3. The lowest BCUT2D eigenvalue weighted by Gasteiger charge is -2.36. The van der Waals surface area contributed by atoms with Gasteiger partial charge in [0.1, 0.15) is 36.6 Å². The molecule has 3 aromatic rings. The van der Waals surface area contributed by atoms with Crippen LogP contribution in [0, 0.1) is 0 Å². The summed E-state index contributed by atoms with van der Waals surface area (Å²) in [5.41, 5.74) is 9.93. The van der Waals surface area contributed by atoms with Crippen LogP contribution in [0.25, 0.3) is 11.8 Å². The summed E-state index contributed by atoms with van der Waals surface area (Å²) in [4.78, 5) is 11.1. The van der Waals surface area contributed by atoms with E-state index in [1.807, 2.05) is 42.5 Å². The van der Waals surface area contributed by atoms with E-state index in [0.29, 0.717) is 13.2 Å². The maximum atomic E-state index is 6.24. The van der Waals surface area contributed by atoms with Crippen LogP contribution in [0.5, 0.6) is 17.2 Å². The first-order chi connectivity index (χ1) is 19.7. The van der Waals surface area contributed by atoms with Gasteiger partial charge in [0.25, 0.3) is 0 Å². The number of nitrogens with zero attached hydrogens (tertiary/aromatic N) is 2. The minimum absolute atomic E-state index is 0.0403. The molecule has 208 valence electrons. The lowest BCUT2D eigenvalue weighted by Crippen LogP contribution is -2.49. The zero-order chi connectivity index (χ0) is 27.3. The zero-order valence-corrected chi connectivity index (χ0v) is 23.3. The molecule has 1 fully saturated rings. The molecule has 3 aliphatic heterocycles. The fraction of sp³-hybridized carbons (Fsp3) is 0.333. The van der Waals surface area contributed by atoms with Gasteiger partial charge in [0, 0.05) is 56.0 Å². The topological polar surface area (TPSA) is 55.4 Å². The Balaban J connectivity index is 1.07. The first-order valence-electron chi connectivity index (χ1n) is 14.0. The molecule has 0 aliphatic carbocycles. The molecule has 1 saturated heterocycles. The quantitative estimate of drug-likeness (QED) is 0.411. The monoisotopic (exact) mass is 539 g/mol. The van der Waals surface area contributed by atoms with Gasteiger partial charge in [-0.3, -0.25) is 20.1 Å². The number of hydroxylamine groups is 1. The van der Waals surface area contributed by atoms with Crippen LogP contribution in [0.2, 0.25) is 0 Å². The van der Waals surface area contributed by atoms with E-state index in [4.69, 9.17) is 19.0 Å². The first kappa shape index (κ1) is 26.4. The summed E-state index contributed by atoms with van der Waals surface area (Å²) in [6.07, 6.45) is 2.25. The number of hydrogen-bond donors (Lipinski definition) is 1. The smallest absolute Gasteiger partial charge is 0.129 e. The summed E-state index contributed by atoms with van der Waals surface area (Å²) in [5.74, 6) is 2.40. The Morgan fingerprint density at radius 2 is 1.70 bits per heavy atom. The van der Waals surface area contributed by atoms with Crippen molar-refractivity contribution in [3.63, 3.8) is 0 Å². The van der Waals surface area contributed by atoms with E-state index < -0.39 is 0 Å². The highest BCUT2D eigenvalue weighted by molar-refractivity contribution is 5.76. The molecule has 0 spiro atoms. The normalized spacial score (nSPS) is 19.4. The Morgan fingerprint density at radius 1 is 0.975 bits per heavy atom. The minimum Gasteiger partial charge on any atom is -0.496 e. The maximum absolute atomic E-state index is 6.24. The first-order valence-corrected chi connectivity index (χ1v) is 14.0. The highest BCUT2D eigenvalue weighted by atomic mass is 16.7. The summed E-state index contributed by atoms with van der Waals surface area (Å²) in [6, 6.07) is 24.4. The molecule has 3 aromatic carbocycles. The van der Waals surface area contributed by atoms with E-state index in [9.17, 15) is 0 Å². The van der Waals surface area contributed by atoms with Gasteiger partial charge in [-0.1, -0.05) is 60.2 Å². The summed E-state index contributed by atoms with van der Waals surface area (Å²) in [7, 11) is 1.69. The van der Waals surface area contributed by atoms with Crippen molar-refractivity contribution >= 4 is 11.8 Å². The molecule has 1 unspecified atom stereocenters. The van der Waals surface area contributed by atoms with Crippen LogP contribution in [0.15, 0.2) is 83.9 Å². The van der Waals surface area contributed by atoms with Crippen LogP contribution in [-0.2, 0) is 11.4 Å². The third kappa shape index (κ3) is 6.02.